The summed E-state index contributed by atoms with van der Waals surface area (Å²) in [5, 5.41) is 0. The van der Waals surface area contributed by atoms with Crippen molar-refractivity contribution >= 4 is 5.78 Å². The van der Waals surface area contributed by atoms with E-state index in [0.29, 0.717) is 5.56 Å². The maximum atomic E-state index is 12.4. The molecule has 0 unspecified atom stereocenters. The summed E-state index contributed by atoms with van der Waals surface area (Å²) in [6, 6.07) is 6.24. The zero-order valence-corrected chi connectivity index (χ0v) is 7.14. The van der Waals surface area contributed by atoms with Crippen LogP contribution in [0.5, 0.6) is 0 Å². The van der Waals surface area contributed by atoms with Crippen molar-refractivity contribution in [3.63, 3.8) is 0 Å². The molecule has 0 fully saturated rings. The van der Waals surface area contributed by atoms with Crippen molar-refractivity contribution in [3.05, 3.63) is 35.4 Å². The molecule has 2 rings (SSSR count). The Bertz CT molecular complexity index is 381. The number of carbonyl (C=O) groups is 1. The molecule has 1 aromatic rings. The van der Waals surface area contributed by atoms with Gasteiger partial charge in [-0.25, -0.2) is 0 Å². The van der Waals surface area contributed by atoms with Gasteiger partial charge in [-0.15, -0.1) is 0 Å². The molecule has 0 saturated carbocycles. The third-order valence-electron chi connectivity index (χ3n) is 2.42. The molecule has 0 spiro atoms. The van der Waals surface area contributed by atoms with Crippen LogP contribution in [0.2, 0.25) is 0 Å². The number of halogens is 3. The van der Waals surface area contributed by atoms with Crippen LogP contribution in [0.25, 0.3) is 0 Å². The Morgan fingerprint density at radius 1 is 1.21 bits per heavy atom. The van der Waals surface area contributed by atoms with Gasteiger partial charge in [0.1, 0.15) is 5.92 Å². The molecule has 0 radical (unpaired) electrons. The van der Waals surface area contributed by atoms with Crippen LogP contribution in [0.1, 0.15) is 15.9 Å². The molecule has 14 heavy (non-hydrogen) atoms. The van der Waals surface area contributed by atoms with Crippen LogP contribution in [0.4, 0.5) is 13.2 Å². The van der Waals surface area contributed by atoms with E-state index in [2.05, 4.69) is 0 Å². The van der Waals surface area contributed by atoms with Gasteiger partial charge < -0.3 is 0 Å². The van der Waals surface area contributed by atoms with Crippen molar-refractivity contribution in [2.75, 3.05) is 0 Å². The van der Waals surface area contributed by atoms with E-state index in [-0.39, 0.29) is 12.0 Å². The summed E-state index contributed by atoms with van der Waals surface area (Å²) >= 11 is 0. The van der Waals surface area contributed by atoms with Crippen molar-refractivity contribution in [1.82, 2.24) is 0 Å². The van der Waals surface area contributed by atoms with Crippen LogP contribution in [-0.4, -0.2) is 12.0 Å². The van der Waals surface area contributed by atoms with Gasteiger partial charge >= 0.3 is 6.18 Å². The van der Waals surface area contributed by atoms with E-state index < -0.39 is 17.9 Å². The van der Waals surface area contributed by atoms with Crippen molar-refractivity contribution in [3.8, 4) is 0 Å². The highest BCUT2D eigenvalue weighted by atomic mass is 19.4. The summed E-state index contributed by atoms with van der Waals surface area (Å²) in [6.45, 7) is 0. The fourth-order valence-electron chi connectivity index (χ4n) is 1.70. The van der Waals surface area contributed by atoms with E-state index in [1.807, 2.05) is 0 Å². The Labute approximate surface area is 78.5 Å². The number of benzene rings is 1. The fraction of sp³-hybridized carbons (Fsp3) is 0.300. The van der Waals surface area contributed by atoms with Crippen molar-refractivity contribution in [1.29, 1.82) is 0 Å². The molecular weight excluding hydrogens is 193 g/mol. The molecule has 1 aliphatic carbocycles. The molecule has 0 bridgehead atoms. The Morgan fingerprint density at radius 2 is 1.86 bits per heavy atom. The topological polar surface area (TPSA) is 17.1 Å². The average molecular weight is 200 g/mol. The summed E-state index contributed by atoms with van der Waals surface area (Å²) < 4.78 is 37.1. The lowest BCUT2D eigenvalue weighted by molar-refractivity contribution is -0.158. The molecule has 0 aromatic heterocycles. The number of hydrogen-bond donors (Lipinski definition) is 0. The van der Waals surface area contributed by atoms with Crippen molar-refractivity contribution in [2.24, 2.45) is 5.92 Å². The summed E-state index contributed by atoms with van der Waals surface area (Å²) in [5.74, 6) is -2.63. The third kappa shape index (κ3) is 1.31. The predicted octanol–water partition coefficient (Wildman–Crippen LogP) is 2.60. The standard InChI is InChI=1S/C10H7F3O/c11-10(12,13)8-5-6-3-1-2-4-7(6)9(8)14/h1-4,8H,5H2/t8-/m0/s1. The predicted molar refractivity (Wildman–Crippen MR) is 44.0 cm³/mol. The maximum absolute atomic E-state index is 12.4. The molecule has 1 aliphatic rings. The van der Waals surface area contributed by atoms with E-state index in [9.17, 15) is 18.0 Å². The highest BCUT2D eigenvalue weighted by molar-refractivity contribution is 6.02. The number of ketones is 1. The molecule has 4 heteroatoms. The number of carbonyl (C=O) groups excluding carboxylic acids is 1. The first-order valence-electron chi connectivity index (χ1n) is 4.19. The fourth-order valence-corrected chi connectivity index (χ4v) is 1.70. The zero-order chi connectivity index (χ0) is 10.3. The Kier molecular flexibility index (Phi) is 1.87. The maximum Gasteiger partial charge on any atom is 0.399 e. The molecule has 0 aliphatic heterocycles. The van der Waals surface area contributed by atoms with Gasteiger partial charge in [-0.2, -0.15) is 13.2 Å². The van der Waals surface area contributed by atoms with Gasteiger partial charge in [-0.3, -0.25) is 4.79 Å². The molecule has 74 valence electrons. The first-order chi connectivity index (χ1) is 6.50. The largest absolute Gasteiger partial charge is 0.399 e. The third-order valence-corrected chi connectivity index (χ3v) is 2.42. The molecule has 0 heterocycles. The van der Waals surface area contributed by atoms with E-state index >= 15 is 0 Å². The summed E-state index contributed by atoms with van der Waals surface area (Å²) in [4.78, 5) is 11.3. The van der Waals surface area contributed by atoms with Crippen LogP contribution >= 0.6 is 0 Å². The Hall–Kier alpha value is -1.32. The number of fused-ring (bicyclic) bond motifs is 1. The van der Waals surface area contributed by atoms with Crippen LogP contribution in [-0.2, 0) is 6.42 Å². The second-order valence-corrected chi connectivity index (χ2v) is 3.32. The molecule has 1 atom stereocenters. The van der Waals surface area contributed by atoms with Crippen molar-refractivity contribution in [2.45, 2.75) is 12.6 Å². The monoisotopic (exact) mass is 200 g/mol. The van der Waals surface area contributed by atoms with Gasteiger partial charge in [-0.1, -0.05) is 24.3 Å². The quantitative estimate of drug-likeness (QED) is 0.629. The first-order valence-corrected chi connectivity index (χ1v) is 4.19. The number of rotatable bonds is 0. The highest BCUT2D eigenvalue weighted by Crippen LogP contribution is 2.37. The number of hydrogen-bond acceptors (Lipinski definition) is 1. The molecular formula is C10H7F3O. The lowest BCUT2D eigenvalue weighted by atomic mass is 10.1. The minimum atomic E-state index is -4.42. The smallest absolute Gasteiger partial charge is 0.293 e. The van der Waals surface area contributed by atoms with Crippen LogP contribution in [0, 0.1) is 5.92 Å². The zero-order valence-electron chi connectivity index (χ0n) is 7.14. The van der Waals surface area contributed by atoms with Gasteiger partial charge in [0, 0.05) is 5.56 Å². The number of alkyl halides is 3. The van der Waals surface area contributed by atoms with Gasteiger partial charge in [0.05, 0.1) is 0 Å². The van der Waals surface area contributed by atoms with Gasteiger partial charge in [-0.05, 0) is 12.0 Å². The lowest BCUT2D eigenvalue weighted by Crippen LogP contribution is -2.27. The minimum Gasteiger partial charge on any atom is -0.293 e. The van der Waals surface area contributed by atoms with Crippen LogP contribution < -0.4 is 0 Å². The van der Waals surface area contributed by atoms with Gasteiger partial charge in [0.25, 0.3) is 0 Å². The molecule has 1 aromatic carbocycles. The molecule has 0 N–H and O–H groups in total. The van der Waals surface area contributed by atoms with Crippen LogP contribution in [0.15, 0.2) is 24.3 Å². The summed E-state index contributed by atoms with van der Waals surface area (Å²) in [6.07, 6.45) is -4.63. The highest BCUT2D eigenvalue weighted by Gasteiger charge is 2.48. The van der Waals surface area contributed by atoms with Gasteiger partial charge in [0.2, 0.25) is 0 Å². The van der Waals surface area contributed by atoms with Crippen molar-refractivity contribution < 1.29 is 18.0 Å². The second kappa shape index (κ2) is 2.83. The Balaban J connectivity index is 2.40. The minimum absolute atomic E-state index is 0.210. The van der Waals surface area contributed by atoms with E-state index in [1.165, 1.54) is 6.07 Å². The SMILES string of the molecule is O=C1c2ccccc2C[C@@H]1C(F)(F)F. The van der Waals surface area contributed by atoms with E-state index in [4.69, 9.17) is 0 Å². The molecule has 0 saturated heterocycles. The van der Waals surface area contributed by atoms with E-state index in [1.54, 1.807) is 18.2 Å². The summed E-state index contributed by atoms with van der Waals surface area (Å²) in [5.41, 5.74) is 0.717. The average Bonchev–Trinajstić information content (AvgIpc) is 2.44. The Morgan fingerprint density at radius 3 is 2.43 bits per heavy atom. The van der Waals surface area contributed by atoms with E-state index in [0.717, 1.165) is 0 Å². The molecule has 0 amide bonds. The molecule has 1 nitrogen and oxygen atoms in total. The first kappa shape index (κ1) is 9.24. The normalized spacial score (nSPS) is 21.1. The number of Topliss-reactive ketones (excluding diaryl/α,β-unsaturated/α-hetero) is 1. The van der Waals surface area contributed by atoms with Gasteiger partial charge in [0.15, 0.2) is 5.78 Å². The van der Waals surface area contributed by atoms with Crippen LogP contribution in [0.3, 0.4) is 0 Å². The second-order valence-electron chi connectivity index (χ2n) is 3.32. The summed E-state index contributed by atoms with van der Waals surface area (Å²) in [7, 11) is 0. The lowest BCUT2D eigenvalue weighted by Gasteiger charge is -2.11.